The van der Waals surface area contributed by atoms with Crippen LogP contribution in [0.15, 0.2) is 54.4 Å². The summed E-state index contributed by atoms with van der Waals surface area (Å²) in [6.45, 7) is 14.1. The molecule has 2 aliphatic heterocycles. The van der Waals surface area contributed by atoms with Crippen LogP contribution in [0.1, 0.15) is 72.4 Å². The number of rotatable bonds is 20. The van der Waals surface area contributed by atoms with Crippen molar-refractivity contribution in [2.24, 2.45) is 0 Å². The molecule has 0 spiro atoms. The fourth-order valence-electron chi connectivity index (χ4n) is 8.07. The zero-order valence-electron chi connectivity index (χ0n) is 36.5. The molecular weight excluding hydrogens is 825 g/mol. The number of allylic oxidation sites excluding steroid dienone is 1. The summed E-state index contributed by atoms with van der Waals surface area (Å²) in [5.74, 6) is 0.914. The maximum atomic E-state index is 12.9. The molecule has 7 rings (SSSR count). The van der Waals surface area contributed by atoms with Gasteiger partial charge in [0.15, 0.2) is 17.1 Å². The maximum absolute atomic E-state index is 12.9. The average Bonchev–Trinajstić information content (AvgIpc) is 3.92. The molecule has 2 amide bonds. The van der Waals surface area contributed by atoms with Gasteiger partial charge in [0.05, 0.1) is 74.9 Å². The molecule has 336 valence electrons. The lowest BCUT2D eigenvalue weighted by atomic mass is 9.93. The molecule has 1 saturated carbocycles. The molecule has 1 atom stereocenters. The van der Waals surface area contributed by atoms with E-state index in [1.807, 2.05) is 44.0 Å². The van der Waals surface area contributed by atoms with E-state index in [-0.39, 0.29) is 36.7 Å². The summed E-state index contributed by atoms with van der Waals surface area (Å²) in [6, 6.07) is 10.9. The highest BCUT2D eigenvalue weighted by Gasteiger charge is 2.39. The number of thiazole rings is 1. The van der Waals surface area contributed by atoms with E-state index in [1.54, 1.807) is 30.5 Å². The summed E-state index contributed by atoms with van der Waals surface area (Å²) in [5, 5.41) is 20.7. The van der Waals surface area contributed by atoms with Crippen LogP contribution in [0, 0.1) is 13.8 Å². The van der Waals surface area contributed by atoms with Crippen LogP contribution in [0.4, 0.5) is 34.1 Å². The SMILES string of the molecule is CC(=O)C1=C(C)c2cnc(Nc3ccc(N4CCN(CCOCCOCCOCCC(=O)Nc5ccccc5C(=O)Nc5nc(C)c(C)s5)CC4)cn3)nc2N(C2CCCC2)C1O. The number of Topliss-reactive ketones (excluding diaryl/α,β-unsaturated/α-hetero) is 1. The van der Waals surface area contributed by atoms with E-state index >= 15 is 0 Å². The van der Waals surface area contributed by atoms with Gasteiger partial charge in [-0.2, -0.15) is 4.98 Å². The number of para-hydroxylation sites is 1. The molecular formula is C45H58N10O7S. The van der Waals surface area contributed by atoms with Crippen molar-refractivity contribution in [2.75, 3.05) is 98.1 Å². The van der Waals surface area contributed by atoms with E-state index in [0.717, 1.165) is 80.2 Å². The summed E-state index contributed by atoms with van der Waals surface area (Å²) >= 11 is 1.41. The number of carbonyl (C=O) groups excluding carboxylic acids is 3. The second kappa shape index (κ2) is 21.8. The van der Waals surface area contributed by atoms with Crippen LogP contribution < -0.4 is 25.8 Å². The van der Waals surface area contributed by atoms with Crippen molar-refractivity contribution >= 4 is 68.6 Å². The van der Waals surface area contributed by atoms with Crippen LogP contribution in [-0.2, 0) is 23.8 Å². The van der Waals surface area contributed by atoms with Crippen LogP contribution >= 0.6 is 11.3 Å². The van der Waals surface area contributed by atoms with Gasteiger partial charge in [0.2, 0.25) is 11.9 Å². The van der Waals surface area contributed by atoms with Gasteiger partial charge in [0, 0.05) is 61.0 Å². The third-order valence-corrected chi connectivity index (χ3v) is 12.6. The molecule has 0 bridgehead atoms. The fraction of sp³-hybridized carbons (Fsp3) is 0.489. The van der Waals surface area contributed by atoms with Crippen LogP contribution in [0.3, 0.4) is 0 Å². The van der Waals surface area contributed by atoms with Gasteiger partial charge in [-0.15, -0.1) is 11.3 Å². The number of hydrogen-bond acceptors (Lipinski definition) is 16. The minimum absolute atomic E-state index is 0.110. The first kappa shape index (κ1) is 45.6. The lowest BCUT2D eigenvalue weighted by molar-refractivity contribution is -0.117. The fourth-order valence-corrected chi connectivity index (χ4v) is 8.88. The summed E-state index contributed by atoms with van der Waals surface area (Å²) in [6.07, 6.45) is 6.75. The van der Waals surface area contributed by atoms with E-state index in [0.29, 0.717) is 78.1 Å². The number of aliphatic hydroxyl groups is 1. The van der Waals surface area contributed by atoms with Crippen LogP contribution in [0.25, 0.3) is 5.57 Å². The molecule has 17 nitrogen and oxygen atoms in total. The Morgan fingerprint density at radius 1 is 0.841 bits per heavy atom. The molecule has 1 aromatic carbocycles. The topological polar surface area (TPSA) is 196 Å². The normalized spacial score (nSPS) is 16.9. The van der Waals surface area contributed by atoms with Crippen LogP contribution in [-0.4, -0.2) is 132 Å². The lowest BCUT2D eigenvalue weighted by Crippen LogP contribution is -2.47. The number of anilines is 6. The Bertz CT molecular complexity index is 2220. The Balaban J connectivity index is 0.741. The standard InChI is InChI=1S/C45H58N10O7S/c1-29-36-28-47-44(51-41(36)55(33-9-5-6-10-33)43(59)40(29)31(3)56)50-38-14-13-34(27-46-38)54-18-16-53(17-19-54)20-22-61-24-26-62-25-23-60-21-15-39(57)49-37-12-8-7-11-35(37)42(58)52-45-48-30(2)32(4)63-45/h7-8,11-14,27-28,33,43,59H,5-6,9-10,15-26H2,1-4H3,(H,49,57)(H,48,52,58)(H,46,47,50,51). The quantitative estimate of drug-likeness (QED) is 0.0802. The molecule has 1 aliphatic carbocycles. The third-order valence-electron chi connectivity index (χ3n) is 11.6. The maximum Gasteiger partial charge on any atom is 0.259 e. The van der Waals surface area contributed by atoms with E-state index < -0.39 is 6.23 Å². The number of fused-ring (bicyclic) bond motifs is 1. The number of nitrogens with one attached hydrogen (secondary N) is 3. The Labute approximate surface area is 372 Å². The molecule has 3 aliphatic rings. The number of ether oxygens (including phenoxy) is 3. The monoisotopic (exact) mass is 882 g/mol. The lowest BCUT2D eigenvalue weighted by Gasteiger charge is -2.40. The van der Waals surface area contributed by atoms with Crippen molar-refractivity contribution in [1.82, 2.24) is 24.8 Å². The van der Waals surface area contributed by atoms with Crippen LogP contribution in [0.2, 0.25) is 0 Å². The van der Waals surface area contributed by atoms with E-state index in [1.165, 1.54) is 18.3 Å². The first-order valence-electron chi connectivity index (χ1n) is 21.7. The number of nitrogens with zero attached hydrogens (tertiary/aromatic N) is 7. The molecule has 2 fully saturated rings. The number of aromatic nitrogens is 4. The number of carbonyl (C=O) groups is 3. The number of hydrogen-bond donors (Lipinski definition) is 4. The average molecular weight is 883 g/mol. The largest absolute Gasteiger partial charge is 0.379 e. The van der Waals surface area contributed by atoms with Gasteiger partial charge >= 0.3 is 0 Å². The Morgan fingerprint density at radius 2 is 1.56 bits per heavy atom. The molecule has 1 unspecified atom stereocenters. The summed E-state index contributed by atoms with van der Waals surface area (Å²) < 4.78 is 17.0. The highest BCUT2D eigenvalue weighted by Crippen LogP contribution is 2.41. The second-order valence-corrected chi connectivity index (χ2v) is 17.1. The summed E-state index contributed by atoms with van der Waals surface area (Å²) in [7, 11) is 0. The molecule has 5 heterocycles. The molecule has 4 aromatic rings. The molecule has 4 N–H and O–H groups in total. The number of amides is 2. The second-order valence-electron chi connectivity index (χ2n) is 15.9. The van der Waals surface area contributed by atoms with Crippen molar-refractivity contribution in [3.8, 4) is 0 Å². The van der Waals surface area contributed by atoms with Gasteiger partial charge in [-0.3, -0.25) is 24.6 Å². The summed E-state index contributed by atoms with van der Waals surface area (Å²) in [5.41, 5.74) is 4.59. The van der Waals surface area contributed by atoms with Crippen molar-refractivity contribution < 1.29 is 33.7 Å². The number of ketones is 1. The van der Waals surface area contributed by atoms with Gasteiger partial charge < -0.3 is 39.8 Å². The number of piperazine rings is 1. The van der Waals surface area contributed by atoms with Crippen molar-refractivity contribution in [2.45, 2.75) is 72.1 Å². The van der Waals surface area contributed by atoms with E-state index in [9.17, 15) is 19.5 Å². The molecule has 1 saturated heterocycles. The smallest absolute Gasteiger partial charge is 0.259 e. The Hall–Kier alpha value is -5.37. The van der Waals surface area contributed by atoms with Crippen LogP contribution in [0.5, 0.6) is 0 Å². The first-order valence-corrected chi connectivity index (χ1v) is 22.5. The third kappa shape index (κ3) is 11.8. The zero-order chi connectivity index (χ0) is 44.3. The van der Waals surface area contributed by atoms with Gasteiger partial charge in [0.25, 0.3) is 5.91 Å². The van der Waals surface area contributed by atoms with Gasteiger partial charge in [-0.1, -0.05) is 25.0 Å². The van der Waals surface area contributed by atoms with Crippen molar-refractivity contribution in [3.05, 3.63) is 76.1 Å². The van der Waals surface area contributed by atoms with E-state index in [4.69, 9.17) is 19.2 Å². The molecule has 18 heteroatoms. The zero-order valence-corrected chi connectivity index (χ0v) is 37.3. The number of aliphatic hydroxyl groups excluding tert-OH is 1. The predicted molar refractivity (Wildman–Crippen MR) is 244 cm³/mol. The molecule has 3 aromatic heterocycles. The van der Waals surface area contributed by atoms with Crippen molar-refractivity contribution in [3.63, 3.8) is 0 Å². The Kier molecular flexibility index (Phi) is 15.8. The van der Waals surface area contributed by atoms with Gasteiger partial charge in [-0.05, 0) is 70.4 Å². The first-order chi connectivity index (χ1) is 30.5. The minimum Gasteiger partial charge on any atom is -0.379 e. The van der Waals surface area contributed by atoms with E-state index in [2.05, 4.69) is 40.7 Å². The Morgan fingerprint density at radius 3 is 2.24 bits per heavy atom. The summed E-state index contributed by atoms with van der Waals surface area (Å²) in [4.78, 5) is 64.0. The minimum atomic E-state index is -1.03. The van der Waals surface area contributed by atoms with Gasteiger partial charge in [0.1, 0.15) is 11.6 Å². The number of pyridine rings is 1. The highest BCUT2D eigenvalue weighted by molar-refractivity contribution is 7.15. The van der Waals surface area contributed by atoms with Gasteiger partial charge in [-0.25, -0.2) is 15.0 Å². The number of benzene rings is 1. The number of aryl methyl sites for hydroxylation is 2. The van der Waals surface area contributed by atoms with Crippen molar-refractivity contribution in [1.29, 1.82) is 0 Å². The predicted octanol–water partition coefficient (Wildman–Crippen LogP) is 5.58. The molecule has 63 heavy (non-hydrogen) atoms. The highest BCUT2D eigenvalue weighted by atomic mass is 32.1. The molecule has 0 radical (unpaired) electrons.